The Hall–Kier alpha value is -4.60. The van der Waals surface area contributed by atoms with Gasteiger partial charge in [-0.05, 0) is 41.5 Å². The first-order valence-corrected chi connectivity index (χ1v) is 12.5. The van der Waals surface area contributed by atoms with Gasteiger partial charge in [0.2, 0.25) is 5.95 Å². The number of hydrogen-bond acceptors (Lipinski definition) is 8. The maximum Gasteiger partial charge on any atom is 0.259 e. The highest BCUT2D eigenvalue weighted by Gasteiger charge is 2.32. The number of piperazine rings is 1. The smallest absolute Gasteiger partial charge is 0.259 e. The largest absolute Gasteiger partial charge is 0.336 e. The van der Waals surface area contributed by atoms with Gasteiger partial charge in [0.25, 0.3) is 11.6 Å². The summed E-state index contributed by atoms with van der Waals surface area (Å²) >= 11 is 0. The van der Waals surface area contributed by atoms with E-state index in [4.69, 9.17) is 9.51 Å². The van der Waals surface area contributed by atoms with Gasteiger partial charge in [0.1, 0.15) is 5.69 Å². The van der Waals surface area contributed by atoms with Gasteiger partial charge < -0.3 is 14.3 Å². The zero-order chi connectivity index (χ0) is 24.8. The number of para-hydroxylation sites is 1. The van der Waals surface area contributed by atoms with Crippen LogP contribution in [0.2, 0.25) is 0 Å². The van der Waals surface area contributed by atoms with Crippen LogP contribution >= 0.6 is 0 Å². The van der Waals surface area contributed by atoms with Crippen molar-refractivity contribution in [1.82, 2.24) is 35.2 Å². The summed E-state index contributed by atoms with van der Waals surface area (Å²) in [7, 11) is 0. The first-order valence-electron chi connectivity index (χ1n) is 12.5. The lowest BCUT2D eigenvalue weighted by Crippen LogP contribution is -2.49. The molecule has 184 valence electrons. The molecule has 0 atom stereocenters. The highest BCUT2D eigenvalue weighted by Crippen LogP contribution is 2.41. The molecule has 1 saturated heterocycles. The second-order valence-corrected chi connectivity index (χ2v) is 9.45. The zero-order valence-corrected chi connectivity index (χ0v) is 20.1. The van der Waals surface area contributed by atoms with Crippen LogP contribution in [0.15, 0.2) is 71.3 Å². The van der Waals surface area contributed by atoms with Gasteiger partial charge in [0.05, 0.1) is 16.6 Å². The van der Waals surface area contributed by atoms with Crippen LogP contribution in [-0.2, 0) is 0 Å². The molecule has 1 aliphatic heterocycles. The minimum absolute atomic E-state index is 0.0306. The number of carbonyl (C=O) groups is 1. The van der Waals surface area contributed by atoms with Gasteiger partial charge in [-0.15, -0.1) is 0 Å². The van der Waals surface area contributed by atoms with Crippen molar-refractivity contribution >= 4 is 23.0 Å². The third kappa shape index (κ3) is 3.90. The predicted octanol–water partition coefficient (Wildman–Crippen LogP) is 3.71. The summed E-state index contributed by atoms with van der Waals surface area (Å²) in [4.78, 5) is 22.7. The van der Waals surface area contributed by atoms with Crippen LogP contribution in [-0.4, -0.2) is 67.3 Å². The van der Waals surface area contributed by atoms with Crippen molar-refractivity contribution < 1.29 is 9.32 Å². The summed E-state index contributed by atoms with van der Waals surface area (Å²) in [5, 5.41) is 17.3. The van der Waals surface area contributed by atoms with Gasteiger partial charge >= 0.3 is 0 Å². The molecule has 10 heteroatoms. The Bertz CT molecular complexity index is 1570. The van der Waals surface area contributed by atoms with Gasteiger partial charge in [0.15, 0.2) is 0 Å². The molecule has 2 aromatic carbocycles. The molecule has 10 nitrogen and oxygen atoms in total. The standard InChI is InChI=1S/C27H24N8O2/c36-26(33-13-15-34(16-14-33)27-29-31-32-35(27)20-9-5-2-6-10-20)21-17-22(18-11-12-18)28-25-23(21)24(30-37-25)19-7-3-1-4-8-19/h1-10,17-18H,11-16H2. The Morgan fingerprint density at radius 3 is 2.38 bits per heavy atom. The molecule has 0 spiro atoms. The summed E-state index contributed by atoms with van der Waals surface area (Å²) in [5.41, 5.74) is 4.38. The summed E-state index contributed by atoms with van der Waals surface area (Å²) in [6, 6.07) is 21.5. The molecule has 0 unspecified atom stereocenters. The lowest BCUT2D eigenvalue weighted by molar-refractivity contribution is 0.0748. The molecule has 3 aromatic heterocycles. The monoisotopic (exact) mass is 492 g/mol. The van der Waals surface area contributed by atoms with E-state index in [0.29, 0.717) is 60.4 Å². The van der Waals surface area contributed by atoms with E-state index in [-0.39, 0.29) is 5.91 Å². The van der Waals surface area contributed by atoms with E-state index in [0.717, 1.165) is 29.8 Å². The van der Waals surface area contributed by atoms with Crippen molar-refractivity contribution in [3.8, 4) is 16.9 Å². The number of tetrazole rings is 1. The fourth-order valence-corrected chi connectivity index (χ4v) is 4.92. The Kier molecular flexibility index (Phi) is 5.16. The molecule has 2 fully saturated rings. The van der Waals surface area contributed by atoms with Crippen LogP contribution in [0.25, 0.3) is 28.0 Å². The second-order valence-electron chi connectivity index (χ2n) is 9.45. The summed E-state index contributed by atoms with van der Waals surface area (Å²) < 4.78 is 7.39. The Labute approximate surface area is 212 Å². The van der Waals surface area contributed by atoms with Gasteiger partial charge in [-0.25, -0.2) is 4.98 Å². The highest BCUT2D eigenvalue weighted by molar-refractivity contribution is 6.09. The fourth-order valence-electron chi connectivity index (χ4n) is 4.92. The van der Waals surface area contributed by atoms with E-state index in [2.05, 4.69) is 25.6 Å². The van der Waals surface area contributed by atoms with Crippen LogP contribution in [0.1, 0.15) is 34.8 Å². The fraction of sp³-hybridized carbons (Fsp3) is 0.259. The molecule has 1 saturated carbocycles. The third-order valence-corrected chi connectivity index (χ3v) is 7.04. The highest BCUT2D eigenvalue weighted by atomic mass is 16.5. The van der Waals surface area contributed by atoms with E-state index in [1.165, 1.54) is 0 Å². The van der Waals surface area contributed by atoms with E-state index in [1.807, 2.05) is 71.6 Å². The normalized spacial score (nSPS) is 15.9. The van der Waals surface area contributed by atoms with Crippen molar-refractivity contribution in [2.45, 2.75) is 18.8 Å². The van der Waals surface area contributed by atoms with Gasteiger partial charge in [-0.2, -0.15) is 4.68 Å². The average molecular weight is 493 g/mol. The van der Waals surface area contributed by atoms with E-state index in [1.54, 1.807) is 4.68 Å². The van der Waals surface area contributed by atoms with Crippen LogP contribution in [0.5, 0.6) is 0 Å². The molecule has 0 N–H and O–H groups in total. The average Bonchev–Trinajstić information content (AvgIpc) is 3.54. The SMILES string of the molecule is O=C(c1cc(C2CC2)nc2onc(-c3ccccc3)c12)N1CCN(c2nnnn2-c2ccccc2)CC1. The topological polar surface area (TPSA) is 106 Å². The first-order chi connectivity index (χ1) is 18.3. The molecular weight excluding hydrogens is 468 g/mol. The van der Waals surface area contributed by atoms with Crippen molar-refractivity contribution in [1.29, 1.82) is 0 Å². The Morgan fingerprint density at radius 2 is 1.65 bits per heavy atom. The lowest BCUT2D eigenvalue weighted by Gasteiger charge is -2.35. The van der Waals surface area contributed by atoms with E-state index < -0.39 is 0 Å². The first kappa shape index (κ1) is 21.7. The Balaban J connectivity index is 1.18. The summed E-state index contributed by atoms with van der Waals surface area (Å²) in [5.74, 6) is 1.03. The van der Waals surface area contributed by atoms with Gasteiger partial charge in [-0.1, -0.05) is 58.8 Å². The maximum atomic E-state index is 13.9. The van der Waals surface area contributed by atoms with Crippen molar-refractivity contribution in [2.75, 3.05) is 31.1 Å². The van der Waals surface area contributed by atoms with E-state index >= 15 is 0 Å². The molecule has 4 heterocycles. The third-order valence-electron chi connectivity index (χ3n) is 7.04. The molecule has 1 aliphatic carbocycles. The minimum atomic E-state index is -0.0306. The number of carbonyl (C=O) groups excluding carboxylic acids is 1. The number of anilines is 1. The predicted molar refractivity (Wildman–Crippen MR) is 136 cm³/mol. The number of aromatic nitrogens is 6. The van der Waals surface area contributed by atoms with Crippen LogP contribution in [0.3, 0.4) is 0 Å². The van der Waals surface area contributed by atoms with Crippen molar-refractivity contribution in [3.05, 3.63) is 78.0 Å². The molecular formula is C27H24N8O2. The minimum Gasteiger partial charge on any atom is -0.336 e. The van der Waals surface area contributed by atoms with Gasteiger partial charge in [-0.3, -0.25) is 4.79 Å². The van der Waals surface area contributed by atoms with Crippen molar-refractivity contribution in [2.24, 2.45) is 0 Å². The quantitative estimate of drug-likeness (QED) is 0.366. The molecule has 2 aliphatic rings. The number of fused-ring (bicyclic) bond motifs is 1. The second kappa shape index (κ2) is 8.81. The van der Waals surface area contributed by atoms with Gasteiger partial charge in [0, 0.05) is 43.4 Å². The molecule has 7 rings (SSSR count). The Morgan fingerprint density at radius 1 is 0.919 bits per heavy atom. The van der Waals surface area contributed by atoms with Crippen LogP contribution in [0.4, 0.5) is 5.95 Å². The number of rotatable bonds is 5. The molecule has 0 bridgehead atoms. The molecule has 37 heavy (non-hydrogen) atoms. The number of nitrogens with zero attached hydrogens (tertiary/aromatic N) is 8. The van der Waals surface area contributed by atoms with Crippen LogP contribution in [0, 0.1) is 0 Å². The number of hydrogen-bond donors (Lipinski definition) is 0. The summed E-state index contributed by atoms with van der Waals surface area (Å²) in [6.07, 6.45) is 2.17. The van der Waals surface area contributed by atoms with Crippen molar-refractivity contribution in [3.63, 3.8) is 0 Å². The molecule has 5 aromatic rings. The molecule has 0 radical (unpaired) electrons. The number of amides is 1. The lowest BCUT2D eigenvalue weighted by atomic mass is 10.0. The zero-order valence-electron chi connectivity index (χ0n) is 20.1. The van der Waals surface area contributed by atoms with E-state index in [9.17, 15) is 4.79 Å². The number of benzene rings is 2. The van der Waals surface area contributed by atoms with Crippen LogP contribution < -0.4 is 4.90 Å². The maximum absolute atomic E-state index is 13.9. The number of pyridine rings is 1. The summed E-state index contributed by atoms with van der Waals surface area (Å²) in [6.45, 7) is 2.35. The molecule has 1 amide bonds.